The fraction of sp³-hybridized carbons (Fsp3) is 0.333. The number of carbonyl (C=O) groups is 3. The van der Waals surface area contributed by atoms with Gasteiger partial charge in [0.2, 0.25) is 0 Å². The van der Waals surface area contributed by atoms with Crippen molar-refractivity contribution in [3.63, 3.8) is 0 Å². The van der Waals surface area contributed by atoms with Gasteiger partial charge in [-0.2, -0.15) is 5.10 Å². The summed E-state index contributed by atoms with van der Waals surface area (Å²) in [5.41, 5.74) is 5.73. The average Bonchev–Trinajstić information content (AvgIpc) is 2.80. The number of carbonyl (C=O) groups excluding carboxylic acids is 3. The Labute approximate surface area is 212 Å². The number of amides is 3. The Morgan fingerprint density at radius 1 is 1.12 bits per heavy atom. The minimum atomic E-state index is -0.854. The van der Waals surface area contributed by atoms with Crippen LogP contribution >= 0.6 is 22.6 Å². The van der Waals surface area contributed by atoms with Gasteiger partial charge in [-0.1, -0.05) is 13.0 Å². The molecule has 2 rings (SSSR count). The Morgan fingerprint density at radius 3 is 2.50 bits per heavy atom. The Balaban J connectivity index is 2.00. The van der Waals surface area contributed by atoms with E-state index in [4.69, 9.17) is 9.47 Å². The molecule has 34 heavy (non-hydrogen) atoms. The van der Waals surface area contributed by atoms with E-state index >= 15 is 0 Å². The second-order valence-electron chi connectivity index (χ2n) is 7.65. The molecule has 0 spiro atoms. The first kappa shape index (κ1) is 27.1. The summed E-state index contributed by atoms with van der Waals surface area (Å²) in [7, 11) is 1.48. The van der Waals surface area contributed by atoms with Crippen LogP contribution in [0.5, 0.6) is 11.5 Å². The lowest BCUT2D eigenvalue weighted by molar-refractivity contribution is -0.139. The number of hydrogen-bond acceptors (Lipinski definition) is 6. The van der Waals surface area contributed by atoms with Gasteiger partial charge in [0.15, 0.2) is 18.1 Å². The van der Waals surface area contributed by atoms with E-state index in [1.54, 1.807) is 19.1 Å². The number of rotatable bonds is 9. The molecule has 9 nitrogen and oxygen atoms in total. The fourth-order valence-corrected chi connectivity index (χ4v) is 3.50. The van der Waals surface area contributed by atoms with Gasteiger partial charge in [0.1, 0.15) is 0 Å². The molecule has 1 atom stereocenters. The smallest absolute Gasteiger partial charge is 0.329 e. The van der Waals surface area contributed by atoms with Crippen LogP contribution in [0.25, 0.3) is 0 Å². The van der Waals surface area contributed by atoms with Crippen molar-refractivity contribution in [1.29, 1.82) is 0 Å². The standard InChI is InChI=1S/C24H29IN4O5/c1-6-16(4)27-23(31)24(32)29-26-12-17-10-19(25)22(20(11-17)33-5)34-13-21(30)28-18-8-7-14(2)15(3)9-18/h7-12,16H,6,13H2,1-5H3,(H,27,31)(H,28,30)(H,29,32)/b26-12-/t16-/m0/s1. The number of anilines is 1. The summed E-state index contributed by atoms with van der Waals surface area (Å²) in [5, 5.41) is 9.20. The maximum atomic E-state index is 12.3. The molecule has 0 saturated carbocycles. The number of methoxy groups -OCH3 is 1. The Bertz CT molecular complexity index is 1090. The highest BCUT2D eigenvalue weighted by molar-refractivity contribution is 14.1. The van der Waals surface area contributed by atoms with Crippen molar-refractivity contribution in [2.75, 3.05) is 19.0 Å². The fourth-order valence-electron chi connectivity index (χ4n) is 2.72. The van der Waals surface area contributed by atoms with Gasteiger partial charge in [-0.05, 0) is 90.7 Å². The Morgan fingerprint density at radius 2 is 1.85 bits per heavy atom. The molecular weight excluding hydrogens is 551 g/mol. The molecule has 182 valence electrons. The maximum absolute atomic E-state index is 12.3. The number of benzene rings is 2. The highest BCUT2D eigenvalue weighted by Gasteiger charge is 2.15. The molecule has 0 unspecified atom stereocenters. The number of nitrogens with one attached hydrogen (secondary N) is 3. The van der Waals surface area contributed by atoms with Gasteiger partial charge in [-0.3, -0.25) is 14.4 Å². The van der Waals surface area contributed by atoms with Crippen molar-refractivity contribution in [3.8, 4) is 11.5 Å². The van der Waals surface area contributed by atoms with Gasteiger partial charge < -0.3 is 20.1 Å². The predicted octanol–water partition coefficient (Wildman–Crippen LogP) is 3.30. The third kappa shape index (κ3) is 8.01. The third-order valence-electron chi connectivity index (χ3n) is 4.97. The van der Waals surface area contributed by atoms with Crippen LogP contribution in [0.4, 0.5) is 5.69 Å². The lowest BCUT2D eigenvalue weighted by Gasteiger charge is -2.14. The van der Waals surface area contributed by atoms with Crippen LogP contribution in [0.1, 0.15) is 37.0 Å². The molecular formula is C24H29IN4O5. The van der Waals surface area contributed by atoms with Crippen LogP contribution in [0, 0.1) is 17.4 Å². The van der Waals surface area contributed by atoms with E-state index in [2.05, 4.69) is 43.8 Å². The second kappa shape index (κ2) is 12.9. The van der Waals surface area contributed by atoms with Crippen molar-refractivity contribution >= 4 is 52.2 Å². The maximum Gasteiger partial charge on any atom is 0.329 e. The van der Waals surface area contributed by atoms with Crippen LogP contribution in [0.15, 0.2) is 35.4 Å². The van der Waals surface area contributed by atoms with Crippen LogP contribution in [0.3, 0.4) is 0 Å². The van der Waals surface area contributed by atoms with Crippen LogP contribution in [-0.2, 0) is 14.4 Å². The molecule has 3 amide bonds. The minimum Gasteiger partial charge on any atom is -0.493 e. The summed E-state index contributed by atoms with van der Waals surface area (Å²) >= 11 is 2.06. The van der Waals surface area contributed by atoms with Crippen LogP contribution in [0.2, 0.25) is 0 Å². The zero-order valence-corrected chi connectivity index (χ0v) is 22.0. The quantitative estimate of drug-likeness (QED) is 0.182. The molecule has 2 aromatic carbocycles. The minimum absolute atomic E-state index is 0.108. The largest absolute Gasteiger partial charge is 0.493 e. The molecule has 0 aliphatic carbocycles. The first-order valence-corrected chi connectivity index (χ1v) is 11.7. The number of nitrogens with zero attached hydrogens (tertiary/aromatic N) is 1. The summed E-state index contributed by atoms with van der Waals surface area (Å²) < 4.78 is 11.8. The Hall–Kier alpha value is -3.15. The normalized spacial score (nSPS) is 11.6. The highest BCUT2D eigenvalue weighted by atomic mass is 127. The molecule has 0 heterocycles. The number of hydrogen-bond donors (Lipinski definition) is 3. The summed E-state index contributed by atoms with van der Waals surface area (Å²) in [6, 6.07) is 8.97. The van der Waals surface area contributed by atoms with E-state index in [-0.39, 0.29) is 18.6 Å². The average molecular weight is 580 g/mol. The molecule has 0 aliphatic rings. The SMILES string of the molecule is CC[C@H](C)NC(=O)C(=O)N/N=C\c1cc(I)c(OCC(=O)Nc2ccc(C)c(C)c2)c(OC)c1. The van der Waals surface area contributed by atoms with E-state index in [0.29, 0.717) is 32.7 Å². The number of ether oxygens (including phenoxy) is 2. The van der Waals surface area contributed by atoms with Gasteiger partial charge in [0, 0.05) is 11.7 Å². The molecule has 0 aliphatic heterocycles. The van der Waals surface area contributed by atoms with E-state index < -0.39 is 11.8 Å². The molecule has 0 fully saturated rings. The summed E-state index contributed by atoms with van der Waals surface area (Å²) in [6.07, 6.45) is 2.09. The van der Waals surface area contributed by atoms with Gasteiger partial charge in [0.25, 0.3) is 5.91 Å². The molecule has 10 heteroatoms. The number of aryl methyl sites for hydroxylation is 2. The molecule has 0 aromatic heterocycles. The predicted molar refractivity (Wildman–Crippen MR) is 139 cm³/mol. The lowest BCUT2D eigenvalue weighted by Crippen LogP contribution is -2.41. The number of halogens is 1. The lowest BCUT2D eigenvalue weighted by atomic mass is 10.1. The molecule has 2 aromatic rings. The molecule has 0 radical (unpaired) electrons. The van der Waals surface area contributed by atoms with Crippen molar-refractivity contribution in [2.24, 2.45) is 5.10 Å². The van der Waals surface area contributed by atoms with E-state index in [1.807, 2.05) is 39.0 Å². The Kier molecular flexibility index (Phi) is 10.3. The topological polar surface area (TPSA) is 118 Å². The molecule has 3 N–H and O–H groups in total. The summed E-state index contributed by atoms with van der Waals surface area (Å²) in [6.45, 7) is 7.49. The first-order valence-electron chi connectivity index (χ1n) is 10.7. The summed E-state index contributed by atoms with van der Waals surface area (Å²) in [4.78, 5) is 35.9. The zero-order chi connectivity index (χ0) is 25.3. The molecule has 0 bridgehead atoms. The van der Waals surface area contributed by atoms with Crippen LogP contribution < -0.4 is 25.5 Å². The van der Waals surface area contributed by atoms with E-state index in [0.717, 1.165) is 11.1 Å². The van der Waals surface area contributed by atoms with Gasteiger partial charge in [0.05, 0.1) is 16.9 Å². The van der Waals surface area contributed by atoms with Crippen molar-refractivity contribution in [1.82, 2.24) is 10.7 Å². The van der Waals surface area contributed by atoms with Gasteiger partial charge in [-0.15, -0.1) is 0 Å². The monoisotopic (exact) mass is 580 g/mol. The van der Waals surface area contributed by atoms with Crippen molar-refractivity contribution < 1.29 is 23.9 Å². The first-order chi connectivity index (χ1) is 16.1. The van der Waals surface area contributed by atoms with E-state index in [1.165, 1.54) is 13.3 Å². The van der Waals surface area contributed by atoms with Gasteiger partial charge in [-0.25, -0.2) is 5.43 Å². The molecule has 0 saturated heterocycles. The van der Waals surface area contributed by atoms with Crippen molar-refractivity contribution in [3.05, 3.63) is 50.6 Å². The second-order valence-corrected chi connectivity index (χ2v) is 8.81. The highest BCUT2D eigenvalue weighted by Crippen LogP contribution is 2.33. The van der Waals surface area contributed by atoms with Crippen molar-refractivity contribution in [2.45, 2.75) is 40.2 Å². The summed E-state index contributed by atoms with van der Waals surface area (Å²) in [5.74, 6) is -1.10. The third-order valence-corrected chi connectivity index (χ3v) is 5.77. The van der Waals surface area contributed by atoms with Gasteiger partial charge >= 0.3 is 11.8 Å². The van der Waals surface area contributed by atoms with E-state index in [9.17, 15) is 14.4 Å². The zero-order valence-electron chi connectivity index (χ0n) is 19.8. The van der Waals surface area contributed by atoms with Crippen LogP contribution in [-0.4, -0.2) is 43.7 Å². The number of hydrazone groups is 1.